The van der Waals surface area contributed by atoms with Crippen molar-refractivity contribution in [1.29, 1.82) is 0 Å². The third-order valence-electron chi connectivity index (χ3n) is 5.22. The molecule has 1 fully saturated rings. The van der Waals surface area contributed by atoms with Gasteiger partial charge in [0.15, 0.2) is 11.5 Å². The number of likely N-dealkylation sites (tertiary alicyclic amines) is 1. The SMILES string of the molecule is CCNCC1CCN(C(=O)C(C)(C)c2ccc(OC)c(OC)c2)CC1. The van der Waals surface area contributed by atoms with Crippen LogP contribution < -0.4 is 14.8 Å². The Morgan fingerprint density at radius 3 is 2.40 bits per heavy atom. The van der Waals surface area contributed by atoms with E-state index in [-0.39, 0.29) is 5.91 Å². The summed E-state index contributed by atoms with van der Waals surface area (Å²) in [6.45, 7) is 9.84. The van der Waals surface area contributed by atoms with Crippen molar-refractivity contribution in [3.63, 3.8) is 0 Å². The van der Waals surface area contributed by atoms with Crippen LogP contribution in [0.2, 0.25) is 0 Å². The maximum Gasteiger partial charge on any atom is 0.232 e. The number of hydrogen-bond donors (Lipinski definition) is 1. The van der Waals surface area contributed by atoms with Gasteiger partial charge in [-0.3, -0.25) is 4.79 Å². The Labute approximate surface area is 151 Å². The van der Waals surface area contributed by atoms with E-state index < -0.39 is 5.41 Å². The van der Waals surface area contributed by atoms with Crippen LogP contribution in [0.15, 0.2) is 18.2 Å². The van der Waals surface area contributed by atoms with Gasteiger partial charge in [-0.1, -0.05) is 13.0 Å². The zero-order chi connectivity index (χ0) is 18.4. The number of carbonyl (C=O) groups excluding carboxylic acids is 1. The van der Waals surface area contributed by atoms with Crippen LogP contribution in [0.3, 0.4) is 0 Å². The third-order valence-corrected chi connectivity index (χ3v) is 5.22. The van der Waals surface area contributed by atoms with E-state index in [0.717, 1.165) is 44.6 Å². The molecule has 0 aliphatic carbocycles. The number of ether oxygens (including phenoxy) is 2. The molecule has 5 nitrogen and oxygen atoms in total. The second kappa shape index (κ2) is 8.56. The topological polar surface area (TPSA) is 50.8 Å². The minimum Gasteiger partial charge on any atom is -0.493 e. The van der Waals surface area contributed by atoms with Crippen molar-refractivity contribution in [2.75, 3.05) is 40.4 Å². The van der Waals surface area contributed by atoms with Crippen molar-refractivity contribution in [2.45, 2.75) is 39.0 Å². The summed E-state index contributed by atoms with van der Waals surface area (Å²) in [4.78, 5) is 15.1. The van der Waals surface area contributed by atoms with Gasteiger partial charge in [0.1, 0.15) is 0 Å². The van der Waals surface area contributed by atoms with Crippen LogP contribution >= 0.6 is 0 Å². The molecule has 0 aromatic heterocycles. The van der Waals surface area contributed by atoms with Crippen molar-refractivity contribution in [2.24, 2.45) is 5.92 Å². The Morgan fingerprint density at radius 2 is 1.84 bits per heavy atom. The summed E-state index contributed by atoms with van der Waals surface area (Å²) in [6, 6.07) is 5.73. The van der Waals surface area contributed by atoms with E-state index in [0.29, 0.717) is 17.4 Å². The first kappa shape index (κ1) is 19.6. The predicted octanol–water partition coefficient (Wildman–Crippen LogP) is 2.83. The molecule has 5 heteroatoms. The molecule has 0 bridgehead atoms. The predicted molar refractivity (Wildman–Crippen MR) is 100 cm³/mol. The largest absolute Gasteiger partial charge is 0.493 e. The molecule has 140 valence electrons. The van der Waals surface area contributed by atoms with Crippen molar-refractivity contribution in [1.82, 2.24) is 10.2 Å². The summed E-state index contributed by atoms with van der Waals surface area (Å²) < 4.78 is 10.7. The van der Waals surface area contributed by atoms with Gasteiger partial charge in [-0.15, -0.1) is 0 Å². The second-order valence-electron chi connectivity index (χ2n) is 7.24. The van der Waals surface area contributed by atoms with Crippen LogP contribution in [-0.4, -0.2) is 51.2 Å². The number of methoxy groups -OCH3 is 2. The molecule has 1 aliphatic rings. The first-order valence-corrected chi connectivity index (χ1v) is 9.16. The molecule has 1 heterocycles. The molecule has 1 aromatic rings. The van der Waals surface area contributed by atoms with Crippen molar-refractivity contribution < 1.29 is 14.3 Å². The van der Waals surface area contributed by atoms with Crippen molar-refractivity contribution in [3.8, 4) is 11.5 Å². The Kier molecular flexibility index (Phi) is 6.71. The Balaban J connectivity index is 2.08. The van der Waals surface area contributed by atoms with Gasteiger partial charge in [0, 0.05) is 13.1 Å². The maximum atomic E-state index is 13.1. The number of nitrogens with one attached hydrogen (secondary N) is 1. The first-order chi connectivity index (χ1) is 11.9. The Hall–Kier alpha value is -1.75. The molecule has 1 amide bonds. The molecule has 1 aliphatic heterocycles. The fourth-order valence-electron chi connectivity index (χ4n) is 3.43. The molecule has 1 N–H and O–H groups in total. The molecule has 2 rings (SSSR count). The average molecular weight is 348 g/mol. The molecule has 0 radical (unpaired) electrons. The lowest BCUT2D eigenvalue weighted by Gasteiger charge is -2.37. The fraction of sp³-hybridized carbons (Fsp3) is 0.650. The van der Waals surface area contributed by atoms with Gasteiger partial charge < -0.3 is 19.7 Å². The molecule has 1 aromatic carbocycles. The van der Waals surface area contributed by atoms with Crippen LogP contribution in [0, 0.1) is 5.92 Å². The lowest BCUT2D eigenvalue weighted by molar-refractivity contribution is -0.137. The molecule has 0 saturated carbocycles. The molecule has 1 saturated heterocycles. The fourth-order valence-corrected chi connectivity index (χ4v) is 3.43. The van der Waals surface area contributed by atoms with Gasteiger partial charge in [-0.2, -0.15) is 0 Å². The number of amides is 1. The van der Waals surface area contributed by atoms with E-state index in [1.54, 1.807) is 14.2 Å². The zero-order valence-electron chi connectivity index (χ0n) is 16.2. The van der Waals surface area contributed by atoms with E-state index >= 15 is 0 Å². The number of benzene rings is 1. The van der Waals surface area contributed by atoms with Gasteiger partial charge in [0.25, 0.3) is 0 Å². The van der Waals surface area contributed by atoms with E-state index in [2.05, 4.69) is 12.2 Å². The van der Waals surface area contributed by atoms with Crippen LogP contribution in [0.5, 0.6) is 11.5 Å². The van der Waals surface area contributed by atoms with Gasteiger partial charge >= 0.3 is 0 Å². The lowest BCUT2D eigenvalue weighted by atomic mass is 9.82. The average Bonchev–Trinajstić information content (AvgIpc) is 2.65. The van der Waals surface area contributed by atoms with Crippen LogP contribution in [-0.2, 0) is 10.2 Å². The molecule has 0 unspecified atom stereocenters. The lowest BCUT2D eigenvalue weighted by Crippen LogP contribution is -2.48. The molecule has 0 spiro atoms. The zero-order valence-corrected chi connectivity index (χ0v) is 16.2. The number of carbonyl (C=O) groups is 1. The summed E-state index contributed by atoms with van der Waals surface area (Å²) in [6.07, 6.45) is 2.14. The van der Waals surface area contributed by atoms with Crippen LogP contribution in [0.1, 0.15) is 39.2 Å². The number of piperidine rings is 1. The second-order valence-corrected chi connectivity index (χ2v) is 7.24. The number of nitrogens with zero attached hydrogens (tertiary/aromatic N) is 1. The molecule has 0 atom stereocenters. The van der Waals surface area contributed by atoms with Gasteiger partial charge in [-0.25, -0.2) is 0 Å². The van der Waals surface area contributed by atoms with Crippen LogP contribution in [0.25, 0.3) is 0 Å². The number of rotatable bonds is 7. The third kappa shape index (κ3) is 4.46. The summed E-state index contributed by atoms with van der Waals surface area (Å²) in [5.41, 5.74) is 0.360. The molecule has 25 heavy (non-hydrogen) atoms. The monoisotopic (exact) mass is 348 g/mol. The highest BCUT2D eigenvalue weighted by molar-refractivity contribution is 5.87. The standard InChI is InChI=1S/C20H32N2O3/c1-6-21-14-15-9-11-22(12-10-15)19(23)20(2,3)16-7-8-17(24-4)18(13-16)25-5/h7-8,13,15,21H,6,9-12,14H2,1-5H3. The molecular formula is C20H32N2O3. The minimum absolute atomic E-state index is 0.182. The summed E-state index contributed by atoms with van der Waals surface area (Å²) in [7, 11) is 3.23. The normalized spacial score (nSPS) is 16.0. The quantitative estimate of drug-likeness (QED) is 0.823. The van der Waals surface area contributed by atoms with Crippen LogP contribution in [0.4, 0.5) is 0 Å². The van der Waals surface area contributed by atoms with E-state index in [9.17, 15) is 4.79 Å². The van der Waals surface area contributed by atoms with Gasteiger partial charge in [-0.05, 0) is 63.4 Å². The Bertz CT molecular complexity index is 578. The minimum atomic E-state index is -0.589. The summed E-state index contributed by atoms with van der Waals surface area (Å²) >= 11 is 0. The summed E-state index contributed by atoms with van der Waals surface area (Å²) in [5, 5.41) is 3.41. The smallest absolute Gasteiger partial charge is 0.232 e. The van der Waals surface area contributed by atoms with E-state index in [4.69, 9.17) is 9.47 Å². The van der Waals surface area contributed by atoms with Crippen molar-refractivity contribution in [3.05, 3.63) is 23.8 Å². The van der Waals surface area contributed by atoms with Gasteiger partial charge in [0.05, 0.1) is 19.6 Å². The highest BCUT2D eigenvalue weighted by Crippen LogP contribution is 2.34. The summed E-state index contributed by atoms with van der Waals surface area (Å²) in [5.74, 6) is 2.19. The highest BCUT2D eigenvalue weighted by atomic mass is 16.5. The van der Waals surface area contributed by atoms with Crippen molar-refractivity contribution >= 4 is 5.91 Å². The Morgan fingerprint density at radius 1 is 1.20 bits per heavy atom. The highest BCUT2D eigenvalue weighted by Gasteiger charge is 2.36. The van der Waals surface area contributed by atoms with Gasteiger partial charge in [0.2, 0.25) is 5.91 Å². The maximum absolute atomic E-state index is 13.1. The number of hydrogen-bond acceptors (Lipinski definition) is 4. The molecular weight excluding hydrogens is 316 g/mol. The van der Waals surface area contributed by atoms with E-state index in [1.807, 2.05) is 36.9 Å². The van der Waals surface area contributed by atoms with E-state index in [1.165, 1.54) is 0 Å². The first-order valence-electron chi connectivity index (χ1n) is 9.16.